The molecule has 1 atom stereocenters. The van der Waals surface area contributed by atoms with Gasteiger partial charge in [-0.1, -0.05) is 18.2 Å². The van der Waals surface area contributed by atoms with Gasteiger partial charge in [-0.05, 0) is 51.3 Å². The SMILES string of the molecule is CC(=O)N1CCN(c2nc(NC(C)c3ccc(C)c(C)c3)c3c(n2)C(=O)N(C(C)C)C3)CC1. The highest BCUT2D eigenvalue weighted by Gasteiger charge is 2.35. The summed E-state index contributed by atoms with van der Waals surface area (Å²) < 4.78 is 0. The van der Waals surface area contributed by atoms with E-state index in [1.807, 2.05) is 23.6 Å². The molecule has 0 saturated carbocycles. The molecule has 0 spiro atoms. The van der Waals surface area contributed by atoms with E-state index in [0.29, 0.717) is 50.2 Å². The maximum atomic E-state index is 13.1. The predicted molar refractivity (Wildman–Crippen MR) is 129 cm³/mol. The Morgan fingerprint density at radius 1 is 1.03 bits per heavy atom. The smallest absolute Gasteiger partial charge is 0.273 e. The Morgan fingerprint density at radius 3 is 2.33 bits per heavy atom. The summed E-state index contributed by atoms with van der Waals surface area (Å²) in [6.07, 6.45) is 0. The molecular formula is C25H34N6O2. The second-order valence-corrected chi connectivity index (χ2v) is 9.43. The van der Waals surface area contributed by atoms with Crippen molar-refractivity contribution in [2.75, 3.05) is 36.4 Å². The number of rotatable bonds is 5. The Hall–Kier alpha value is -3.16. The van der Waals surface area contributed by atoms with Crippen LogP contribution in [0.3, 0.4) is 0 Å². The van der Waals surface area contributed by atoms with Crippen molar-refractivity contribution < 1.29 is 9.59 Å². The van der Waals surface area contributed by atoms with Gasteiger partial charge in [0.2, 0.25) is 11.9 Å². The van der Waals surface area contributed by atoms with E-state index in [4.69, 9.17) is 9.97 Å². The zero-order valence-corrected chi connectivity index (χ0v) is 20.5. The Bertz CT molecular complexity index is 1070. The molecule has 2 amide bonds. The Morgan fingerprint density at radius 2 is 1.73 bits per heavy atom. The van der Waals surface area contributed by atoms with Gasteiger partial charge >= 0.3 is 0 Å². The summed E-state index contributed by atoms with van der Waals surface area (Å²) in [5.41, 5.74) is 5.03. The van der Waals surface area contributed by atoms with Crippen molar-refractivity contribution in [2.24, 2.45) is 0 Å². The molecule has 1 N–H and O–H groups in total. The van der Waals surface area contributed by atoms with Crippen LogP contribution in [-0.2, 0) is 11.3 Å². The number of hydrogen-bond acceptors (Lipinski definition) is 6. The molecular weight excluding hydrogens is 416 g/mol. The summed E-state index contributed by atoms with van der Waals surface area (Å²) >= 11 is 0. The van der Waals surface area contributed by atoms with E-state index in [1.54, 1.807) is 6.92 Å². The van der Waals surface area contributed by atoms with Crippen LogP contribution in [-0.4, -0.2) is 63.8 Å². The van der Waals surface area contributed by atoms with E-state index in [9.17, 15) is 9.59 Å². The lowest BCUT2D eigenvalue weighted by atomic mass is 10.0. The van der Waals surface area contributed by atoms with Crippen molar-refractivity contribution in [1.82, 2.24) is 19.8 Å². The number of anilines is 2. The van der Waals surface area contributed by atoms with Gasteiger partial charge in [0.1, 0.15) is 11.5 Å². The zero-order chi connectivity index (χ0) is 23.9. The molecule has 0 aliphatic carbocycles. The Labute approximate surface area is 196 Å². The van der Waals surface area contributed by atoms with Crippen LogP contribution in [0.4, 0.5) is 11.8 Å². The molecule has 8 heteroatoms. The highest BCUT2D eigenvalue weighted by atomic mass is 16.2. The second-order valence-electron chi connectivity index (χ2n) is 9.43. The van der Waals surface area contributed by atoms with Gasteiger partial charge in [0.25, 0.3) is 5.91 Å². The van der Waals surface area contributed by atoms with Crippen molar-refractivity contribution in [3.63, 3.8) is 0 Å². The van der Waals surface area contributed by atoms with E-state index >= 15 is 0 Å². The van der Waals surface area contributed by atoms with Gasteiger partial charge < -0.3 is 20.0 Å². The lowest BCUT2D eigenvalue weighted by molar-refractivity contribution is -0.129. The minimum atomic E-state index is -0.0482. The number of amides is 2. The molecule has 1 saturated heterocycles. The highest BCUT2D eigenvalue weighted by Crippen LogP contribution is 2.32. The third-order valence-electron chi connectivity index (χ3n) is 6.80. The van der Waals surface area contributed by atoms with Gasteiger partial charge in [0.05, 0.1) is 6.54 Å². The van der Waals surface area contributed by atoms with Crippen molar-refractivity contribution in [3.05, 3.63) is 46.1 Å². The largest absolute Gasteiger partial charge is 0.363 e. The molecule has 2 aliphatic rings. The molecule has 1 aromatic carbocycles. The van der Waals surface area contributed by atoms with Crippen LogP contribution in [0.1, 0.15) is 66.5 Å². The number of hydrogen-bond donors (Lipinski definition) is 1. The Kier molecular flexibility index (Phi) is 6.28. The molecule has 2 aliphatic heterocycles. The van der Waals surface area contributed by atoms with Crippen LogP contribution in [0.15, 0.2) is 18.2 Å². The number of nitrogens with zero attached hydrogens (tertiary/aromatic N) is 5. The summed E-state index contributed by atoms with van der Waals surface area (Å²) in [4.78, 5) is 40.2. The van der Waals surface area contributed by atoms with Crippen molar-refractivity contribution in [1.29, 1.82) is 0 Å². The number of aryl methyl sites for hydroxylation is 2. The molecule has 176 valence electrons. The number of carbonyl (C=O) groups excluding carboxylic acids is 2. The van der Waals surface area contributed by atoms with Crippen molar-refractivity contribution in [3.8, 4) is 0 Å². The zero-order valence-electron chi connectivity index (χ0n) is 20.5. The third-order valence-corrected chi connectivity index (χ3v) is 6.80. The number of benzene rings is 1. The quantitative estimate of drug-likeness (QED) is 0.753. The molecule has 3 heterocycles. The number of fused-ring (bicyclic) bond motifs is 1. The maximum Gasteiger partial charge on any atom is 0.273 e. The van der Waals surface area contributed by atoms with Gasteiger partial charge in [-0.25, -0.2) is 4.98 Å². The van der Waals surface area contributed by atoms with Gasteiger partial charge in [-0.15, -0.1) is 0 Å². The first-order valence-corrected chi connectivity index (χ1v) is 11.7. The summed E-state index contributed by atoms with van der Waals surface area (Å²) in [5.74, 6) is 1.29. The fraction of sp³-hybridized carbons (Fsp3) is 0.520. The van der Waals surface area contributed by atoms with Crippen molar-refractivity contribution >= 4 is 23.6 Å². The van der Waals surface area contributed by atoms with E-state index in [1.165, 1.54) is 16.7 Å². The van der Waals surface area contributed by atoms with Crippen LogP contribution in [0, 0.1) is 13.8 Å². The van der Waals surface area contributed by atoms with E-state index in [0.717, 1.165) is 5.56 Å². The van der Waals surface area contributed by atoms with Crippen molar-refractivity contribution in [2.45, 2.75) is 60.2 Å². The van der Waals surface area contributed by atoms with Crippen LogP contribution in [0.2, 0.25) is 0 Å². The minimum absolute atomic E-state index is 0.0221. The third kappa shape index (κ3) is 4.51. The van der Waals surface area contributed by atoms with Gasteiger partial charge in [0.15, 0.2) is 0 Å². The number of nitrogens with one attached hydrogen (secondary N) is 1. The summed E-state index contributed by atoms with van der Waals surface area (Å²) in [7, 11) is 0. The molecule has 1 unspecified atom stereocenters. The molecule has 0 radical (unpaired) electrons. The summed E-state index contributed by atoms with van der Waals surface area (Å²) in [6, 6.07) is 6.57. The average molecular weight is 451 g/mol. The molecule has 2 aromatic rings. The van der Waals surface area contributed by atoms with Crippen LogP contribution in [0.25, 0.3) is 0 Å². The highest BCUT2D eigenvalue weighted by molar-refractivity contribution is 5.98. The maximum absolute atomic E-state index is 13.1. The summed E-state index contributed by atoms with van der Waals surface area (Å²) in [6.45, 7) is 15.0. The topological polar surface area (TPSA) is 81.7 Å². The van der Waals surface area contributed by atoms with E-state index in [-0.39, 0.29) is 23.9 Å². The molecule has 4 rings (SSSR count). The molecule has 0 bridgehead atoms. The Balaban J connectivity index is 1.67. The fourth-order valence-corrected chi connectivity index (χ4v) is 4.40. The predicted octanol–water partition coefficient (Wildman–Crippen LogP) is 3.30. The number of aromatic nitrogens is 2. The molecule has 1 fully saturated rings. The average Bonchev–Trinajstić information content (AvgIpc) is 3.12. The monoisotopic (exact) mass is 450 g/mol. The lowest BCUT2D eigenvalue weighted by Crippen LogP contribution is -2.48. The van der Waals surface area contributed by atoms with Crippen LogP contribution in [0.5, 0.6) is 0 Å². The van der Waals surface area contributed by atoms with E-state index < -0.39 is 0 Å². The molecule has 1 aromatic heterocycles. The normalized spacial score (nSPS) is 16.9. The minimum Gasteiger partial charge on any atom is -0.363 e. The van der Waals surface area contributed by atoms with E-state index in [2.05, 4.69) is 49.2 Å². The van der Waals surface area contributed by atoms with Gasteiger partial charge in [0, 0.05) is 50.7 Å². The molecule has 8 nitrogen and oxygen atoms in total. The van der Waals surface area contributed by atoms with Crippen LogP contribution < -0.4 is 10.2 Å². The van der Waals surface area contributed by atoms with Crippen LogP contribution >= 0.6 is 0 Å². The lowest BCUT2D eigenvalue weighted by Gasteiger charge is -2.34. The first-order valence-electron chi connectivity index (χ1n) is 11.7. The molecule has 33 heavy (non-hydrogen) atoms. The van der Waals surface area contributed by atoms with Gasteiger partial charge in [-0.2, -0.15) is 4.98 Å². The fourth-order valence-electron chi connectivity index (χ4n) is 4.40. The standard InChI is InChI=1S/C25H34N6O2/c1-15(2)31-14-21-22(24(31)33)27-25(30-11-9-29(10-12-30)19(6)32)28-23(21)26-18(5)20-8-7-16(3)17(4)13-20/h7-8,13,15,18H,9-12,14H2,1-6H3,(H,26,27,28). The number of piperazine rings is 1. The second kappa shape index (κ2) is 9.00. The number of carbonyl (C=O) groups is 2. The first-order chi connectivity index (χ1) is 15.7. The summed E-state index contributed by atoms with van der Waals surface area (Å²) in [5, 5.41) is 3.57. The first kappa shape index (κ1) is 23.0. The van der Waals surface area contributed by atoms with Gasteiger partial charge in [-0.3, -0.25) is 9.59 Å².